The molecule has 110 valence electrons. The average Bonchev–Trinajstić information content (AvgIpc) is 2.57. The first-order valence-corrected chi connectivity index (χ1v) is 8.17. The summed E-state index contributed by atoms with van der Waals surface area (Å²) >= 11 is 0. The van der Waals surface area contributed by atoms with Gasteiger partial charge in [0.15, 0.2) is 6.20 Å². The molecule has 1 heterocycles. The van der Waals surface area contributed by atoms with Crippen LogP contribution in [0.15, 0.2) is 90.1 Å². The molecule has 0 aliphatic rings. The van der Waals surface area contributed by atoms with Gasteiger partial charge in [0.05, 0.1) is 5.25 Å². The Morgan fingerprint density at radius 3 is 1.77 bits per heavy atom. The Bertz CT molecular complexity index is 736. The largest absolute Gasteiger partial charge is 0.618 e. The predicted octanol–water partition coefficient (Wildman–Crippen LogP) is 3.22. The van der Waals surface area contributed by atoms with E-state index in [2.05, 4.69) is 0 Å². The molecule has 0 saturated heterocycles. The molecule has 1 aromatic heterocycles. The lowest BCUT2D eigenvalue weighted by molar-refractivity contribution is -0.646. The lowest BCUT2D eigenvalue weighted by Gasteiger charge is -2.16. The summed E-state index contributed by atoms with van der Waals surface area (Å²) in [5.74, 6) is 0. The molecule has 4 heteroatoms. The Balaban J connectivity index is 2.11. The van der Waals surface area contributed by atoms with Gasteiger partial charge in [0.2, 0.25) is 0 Å². The van der Waals surface area contributed by atoms with Crippen LogP contribution in [0.3, 0.4) is 0 Å². The summed E-state index contributed by atoms with van der Waals surface area (Å²) < 4.78 is 13.7. The van der Waals surface area contributed by atoms with E-state index in [0.29, 0.717) is 4.73 Å². The molecule has 1 atom stereocenters. The van der Waals surface area contributed by atoms with Crippen molar-refractivity contribution in [1.82, 2.24) is 0 Å². The molecule has 0 amide bonds. The van der Waals surface area contributed by atoms with Crippen LogP contribution in [0.25, 0.3) is 0 Å². The smallest absolute Gasteiger partial charge is 0.282 e. The summed E-state index contributed by atoms with van der Waals surface area (Å²) in [6.07, 6.45) is 1.38. The van der Waals surface area contributed by atoms with Crippen LogP contribution in [0.5, 0.6) is 0 Å². The minimum absolute atomic E-state index is 0.264. The zero-order chi connectivity index (χ0) is 15.4. The molecule has 0 radical (unpaired) electrons. The third-order valence-corrected chi connectivity index (χ3v) is 5.11. The minimum atomic E-state index is -1.48. The number of hydrogen-bond acceptors (Lipinski definition) is 2. The topological polar surface area (TPSA) is 44.0 Å². The maximum Gasteiger partial charge on any atom is 0.282 e. The first-order valence-electron chi connectivity index (χ1n) is 6.96. The molecule has 1 unspecified atom stereocenters. The average molecular weight is 309 g/mol. The van der Waals surface area contributed by atoms with Gasteiger partial charge in [-0.1, -0.05) is 60.7 Å². The van der Waals surface area contributed by atoms with Gasteiger partial charge < -0.3 is 5.21 Å². The molecule has 3 rings (SSSR count). The van der Waals surface area contributed by atoms with E-state index in [-0.39, 0.29) is 10.3 Å². The normalized spacial score (nSPS) is 12.2. The van der Waals surface area contributed by atoms with E-state index in [9.17, 15) is 9.42 Å². The first kappa shape index (κ1) is 14.5. The third kappa shape index (κ3) is 2.92. The summed E-state index contributed by atoms with van der Waals surface area (Å²) in [6.45, 7) is 0. The molecule has 3 aromatic rings. The van der Waals surface area contributed by atoms with Crippen LogP contribution in [0.1, 0.15) is 16.4 Å². The van der Waals surface area contributed by atoms with Crippen molar-refractivity contribution < 1.29 is 8.94 Å². The number of nitrogens with zero attached hydrogens (tertiary/aromatic N) is 1. The quantitative estimate of drug-likeness (QED) is 0.548. The predicted molar refractivity (Wildman–Crippen MR) is 86.5 cm³/mol. The van der Waals surface area contributed by atoms with Crippen molar-refractivity contribution in [3.63, 3.8) is 0 Å². The van der Waals surface area contributed by atoms with E-state index in [1.54, 1.807) is 18.2 Å². The van der Waals surface area contributed by atoms with E-state index in [4.69, 9.17) is 0 Å². The van der Waals surface area contributed by atoms with Crippen LogP contribution in [0.4, 0.5) is 0 Å². The molecule has 0 fully saturated rings. The van der Waals surface area contributed by atoms with Crippen LogP contribution in [-0.4, -0.2) is 4.21 Å². The number of aromatic nitrogens is 1. The second-order valence-electron chi connectivity index (χ2n) is 4.86. The van der Waals surface area contributed by atoms with Crippen molar-refractivity contribution in [1.29, 1.82) is 0 Å². The van der Waals surface area contributed by atoms with E-state index < -0.39 is 10.8 Å². The molecule has 0 saturated carbocycles. The molecule has 0 N–H and O–H groups in total. The van der Waals surface area contributed by atoms with Gasteiger partial charge >= 0.3 is 0 Å². The lowest BCUT2D eigenvalue weighted by Crippen LogP contribution is -2.32. The summed E-state index contributed by atoms with van der Waals surface area (Å²) in [5.41, 5.74) is 1.85. The maximum atomic E-state index is 13.1. The highest BCUT2D eigenvalue weighted by molar-refractivity contribution is 7.85. The van der Waals surface area contributed by atoms with Gasteiger partial charge in [0.1, 0.15) is 10.8 Å². The van der Waals surface area contributed by atoms with Crippen molar-refractivity contribution in [3.8, 4) is 0 Å². The van der Waals surface area contributed by atoms with Crippen molar-refractivity contribution in [3.05, 3.63) is 101 Å². The van der Waals surface area contributed by atoms with E-state index >= 15 is 0 Å². The highest BCUT2D eigenvalue weighted by Crippen LogP contribution is 2.30. The lowest BCUT2D eigenvalue weighted by atomic mass is 10.0. The molecule has 3 nitrogen and oxygen atoms in total. The van der Waals surface area contributed by atoms with Crippen molar-refractivity contribution in [2.45, 2.75) is 10.3 Å². The molecule has 0 spiro atoms. The zero-order valence-corrected chi connectivity index (χ0v) is 12.6. The fourth-order valence-corrected chi connectivity index (χ4v) is 3.89. The van der Waals surface area contributed by atoms with E-state index in [1.807, 2.05) is 60.7 Å². The fourth-order valence-electron chi connectivity index (χ4n) is 2.38. The molecular weight excluding hydrogens is 294 g/mol. The van der Waals surface area contributed by atoms with E-state index in [0.717, 1.165) is 11.1 Å². The standard InChI is InChI=1S/C18H15NO2S/c20-19-14-8-7-13-17(19)22(21)18(15-9-3-1-4-10-15)16-11-5-2-6-12-16/h1-14,18H. The highest BCUT2D eigenvalue weighted by atomic mass is 32.2. The number of rotatable bonds is 4. The molecule has 0 bridgehead atoms. The second-order valence-corrected chi connectivity index (χ2v) is 6.35. The summed E-state index contributed by atoms with van der Waals surface area (Å²) in [4.78, 5) is 0. The van der Waals surface area contributed by atoms with Gasteiger partial charge in [-0.25, -0.2) is 4.21 Å². The summed E-state index contributed by atoms with van der Waals surface area (Å²) in [7, 11) is -1.48. The van der Waals surface area contributed by atoms with Gasteiger partial charge in [-0.3, -0.25) is 0 Å². The van der Waals surface area contributed by atoms with Crippen LogP contribution in [0.2, 0.25) is 0 Å². The Morgan fingerprint density at radius 1 is 0.773 bits per heavy atom. The number of benzene rings is 2. The van der Waals surface area contributed by atoms with Gasteiger partial charge in [0.25, 0.3) is 5.03 Å². The summed E-state index contributed by atoms with van der Waals surface area (Å²) in [5, 5.41) is 11.8. The number of pyridine rings is 1. The molecule has 0 aliphatic heterocycles. The SMILES string of the molecule is O=S(c1cccc[n+]1[O-])C(c1ccccc1)c1ccccc1. The Hall–Kier alpha value is -2.46. The zero-order valence-electron chi connectivity index (χ0n) is 11.8. The minimum Gasteiger partial charge on any atom is -0.618 e. The molecule has 22 heavy (non-hydrogen) atoms. The van der Waals surface area contributed by atoms with Crippen LogP contribution in [-0.2, 0) is 10.8 Å². The first-order chi connectivity index (χ1) is 10.8. The van der Waals surface area contributed by atoms with E-state index in [1.165, 1.54) is 6.20 Å². The van der Waals surface area contributed by atoms with Gasteiger partial charge in [-0.2, -0.15) is 4.73 Å². The molecular formula is C18H15NO2S. The van der Waals surface area contributed by atoms with Gasteiger partial charge in [0, 0.05) is 12.1 Å². The Kier molecular flexibility index (Phi) is 4.30. The van der Waals surface area contributed by atoms with Gasteiger partial charge in [-0.15, -0.1) is 0 Å². The molecule has 2 aromatic carbocycles. The Labute approximate surface area is 131 Å². The fraction of sp³-hybridized carbons (Fsp3) is 0.0556. The third-order valence-electron chi connectivity index (χ3n) is 3.41. The van der Waals surface area contributed by atoms with Crippen molar-refractivity contribution in [2.75, 3.05) is 0 Å². The maximum absolute atomic E-state index is 13.1. The van der Waals surface area contributed by atoms with Crippen molar-refractivity contribution in [2.24, 2.45) is 0 Å². The summed E-state index contributed by atoms with van der Waals surface area (Å²) in [6, 6.07) is 24.2. The number of hydrogen-bond donors (Lipinski definition) is 0. The van der Waals surface area contributed by atoms with Crippen LogP contribution >= 0.6 is 0 Å². The highest BCUT2D eigenvalue weighted by Gasteiger charge is 2.27. The van der Waals surface area contributed by atoms with Crippen molar-refractivity contribution >= 4 is 10.8 Å². The van der Waals surface area contributed by atoms with Crippen LogP contribution < -0.4 is 4.73 Å². The molecule has 0 aliphatic carbocycles. The van der Waals surface area contributed by atoms with Crippen LogP contribution in [0, 0.1) is 5.21 Å². The second kappa shape index (κ2) is 6.54. The Morgan fingerprint density at radius 2 is 1.27 bits per heavy atom. The van der Waals surface area contributed by atoms with Gasteiger partial charge in [-0.05, 0) is 17.2 Å². The monoisotopic (exact) mass is 309 g/mol.